The molecule has 2 aromatic carbocycles. The zero-order chi connectivity index (χ0) is 21.6. The molecule has 0 unspecified atom stereocenters. The minimum Gasteiger partial charge on any atom is -0.493 e. The summed E-state index contributed by atoms with van der Waals surface area (Å²) in [5, 5.41) is 2.83. The Morgan fingerprint density at radius 2 is 1.66 bits per heavy atom. The van der Waals surface area contributed by atoms with E-state index in [1.165, 1.54) is 33.4 Å². The highest BCUT2D eigenvalue weighted by atomic mass is 32.2. The van der Waals surface area contributed by atoms with Gasteiger partial charge in [0.15, 0.2) is 11.5 Å². The van der Waals surface area contributed by atoms with Gasteiger partial charge in [0.25, 0.3) is 15.9 Å². The van der Waals surface area contributed by atoms with Gasteiger partial charge in [-0.1, -0.05) is 31.0 Å². The number of carbonyl (C=O) groups is 1. The van der Waals surface area contributed by atoms with E-state index in [4.69, 9.17) is 9.47 Å². The Kier molecular flexibility index (Phi) is 7.50. The second-order valence-corrected chi connectivity index (χ2v) is 8.59. The fourth-order valence-corrected chi connectivity index (χ4v) is 3.99. The Balaban J connectivity index is 2.55. The van der Waals surface area contributed by atoms with E-state index in [1.807, 2.05) is 13.8 Å². The highest BCUT2D eigenvalue weighted by Crippen LogP contribution is 2.36. The van der Waals surface area contributed by atoms with Crippen LogP contribution in [-0.2, 0) is 10.0 Å². The van der Waals surface area contributed by atoms with Crippen molar-refractivity contribution >= 4 is 21.6 Å². The van der Waals surface area contributed by atoms with Gasteiger partial charge in [0.2, 0.25) is 0 Å². The van der Waals surface area contributed by atoms with E-state index in [9.17, 15) is 13.2 Å². The maximum absolute atomic E-state index is 13.2. The van der Waals surface area contributed by atoms with Crippen molar-refractivity contribution < 1.29 is 22.7 Å². The molecule has 158 valence electrons. The highest BCUT2D eigenvalue weighted by Gasteiger charge is 2.27. The van der Waals surface area contributed by atoms with E-state index in [2.05, 4.69) is 5.32 Å². The van der Waals surface area contributed by atoms with E-state index < -0.39 is 10.0 Å². The molecule has 0 aliphatic heterocycles. The molecule has 0 bridgehead atoms. The summed E-state index contributed by atoms with van der Waals surface area (Å²) in [6, 6.07) is 9.54. The van der Waals surface area contributed by atoms with Crippen LogP contribution in [0.1, 0.15) is 35.7 Å². The largest absolute Gasteiger partial charge is 0.493 e. The summed E-state index contributed by atoms with van der Waals surface area (Å²) in [6.45, 7) is 4.40. The molecule has 0 aliphatic rings. The predicted molar refractivity (Wildman–Crippen MR) is 114 cm³/mol. The van der Waals surface area contributed by atoms with Gasteiger partial charge in [-0.25, -0.2) is 8.42 Å². The highest BCUT2D eigenvalue weighted by molar-refractivity contribution is 7.92. The molecule has 2 aromatic rings. The monoisotopic (exact) mass is 420 g/mol. The molecule has 0 atom stereocenters. The molecule has 0 spiro atoms. The summed E-state index contributed by atoms with van der Waals surface area (Å²) in [4.78, 5) is 12.9. The number of amides is 1. The standard InChI is InChI=1S/C21H28N2O5S/c1-6-7-12-22-21(24)17-13-19(27-4)20(28-5)14-18(17)23(3)29(25,26)16-10-8-15(2)9-11-16/h8-11,13-14H,6-7,12H2,1-5H3,(H,22,24). The average molecular weight is 421 g/mol. The first-order valence-corrected chi connectivity index (χ1v) is 10.8. The van der Waals surface area contributed by atoms with Gasteiger partial charge in [-0.3, -0.25) is 9.10 Å². The fourth-order valence-electron chi connectivity index (χ4n) is 2.78. The molecule has 0 saturated heterocycles. The summed E-state index contributed by atoms with van der Waals surface area (Å²) >= 11 is 0. The molecule has 0 aromatic heterocycles. The average Bonchev–Trinajstić information content (AvgIpc) is 2.72. The van der Waals surface area contributed by atoms with E-state index >= 15 is 0 Å². The van der Waals surface area contributed by atoms with E-state index in [0.29, 0.717) is 18.0 Å². The maximum atomic E-state index is 13.2. The molecule has 2 rings (SSSR count). The molecule has 1 N–H and O–H groups in total. The van der Waals surface area contributed by atoms with Gasteiger partial charge in [-0.05, 0) is 31.5 Å². The number of hydrogen-bond acceptors (Lipinski definition) is 5. The molecule has 8 heteroatoms. The summed E-state index contributed by atoms with van der Waals surface area (Å²) in [5.41, 5.74) is 1.35. The quantitative estimate of drug-likeness (QED) is 0.629. The minimum absolute atomic E-state index is 0.137. The lowest BCUT2D eigenvalue weighted by Gasteiger charge is -2.24. The van der Waals surface area contributed by atoms with Gasteiger partial charge < -0.3 is 14.8 Å². The Labute approximate surface area is 172 Å². The number of anilines is 1. The zero-order valence-corrected chi connectivity index (χ0v) is 18.3. The number of hydrogen-bond donors (Lipinski definition) is 1. The Hall–Kier alpha value is -2.74. The number of aryl methyl sites for hydroxylation is 1. The van der Waals surface area contributed by atoms with Crippen molar-refractivity contribution in [2.45, 2.75) is 31.6 Å². The number of carbonyl (C=O) groups excluding carboxylic acids is 1. The number of benzene rings is 2. The number of sulfonamides is 1. The van der Waals surface area contributed by atoms with E-state index in [1.54, 1.807) is 24.3 Å². The Morgan fingerprint density at radius 1 is 1.07 bits per heavy atom. The molecule has 1 amide bonds. The first-order valence-electron chi connectivity index (χ1n) is 9.36. The van der Waals surface area contributed by atoms with Crippen molar-refractivity contribution in [2.75, 3.05) is 32.1 Å². The topological polar surface area (TPSA) is 84.9 Å². The fraction of sp³-hybridized carbons (Fsp3) is 0.381. The van der Waals surface area contributed by atoms with Crippen LogP contribution in [0.3, 0.4) is 0 Å². The number of unbranched alkanes of at least 4 members (excludes halogenated alkanes) is 1. The van der Waals surface area contributed by atoms with Crippen LogP contribution in [0.25, 0.3) is 0 Å². The molecule has 0 radical (unpaired) electrons. The molecule has 0 heterocycles. The second-order valence-electron chi connectivity index (χ2n) is 6.62. The van der Waals surface area contributed by atoms with Crippen molar-refractivity contribution in [1.29, 1.82) is 0 Å². The van der Waals surface area contributed by atoms with Crippen LogP contribution in [0.4, 0.5) is 5.69 Å². The van der Waals surface area contributed by atoms with Crippen molar-refractivity contribution in [2.24, 2.45) is 0 Å². The van der Waals surface area contributed by atoms with E-state index in [0.717, 1.165) is 22.7 Å². The van der Waals surface area contributed by atoms with Crippen LogP contribution < -0.4 is 19.1 Å². The van der Waals surface area contributed by atoms with Gasteiger partial charge in [-0.15, -0.1) is 0 Å². The van der Waals surface area contributed by atoms with Crippen LogP contribution >= 0.6 is 0 Å². The van der Waals surface area contributed by atoms with Crippen molar-refractivity contribution in [3.05, 3.63) is 47.5 Å². The van der Waals surface area contributed by atoms with Crippen LogP contribution in [0.15, 0.2) is 41.3 Å². The number of nitrogens with one attached hydrogen (secondary N) is 1. The molecule has 0 saturated carbocycles. The number of rotatable bonds is 9. The van der Waals surface area contributed by atoms with Gasteiger partial charge in [0.05, 0.1) is 30.4 Å². The summed E-state index contributed by atoms with van der Waals surface area (Å²) in [5.74, 6) is 0.303. The number of nitrogens with zero attached hydrogens (tertiary/aromatic N) is 1. The first kappa shape index (κ1) is 22.5. The third-order valence-electron chi connectivity index (χ3n) is 4.58. The second kappa shape index (κ2) is 9.65. The Bertz CT molecular complexity index is 956. The third-order valence-corrected chi connectivity index (χ3v) is 6.37. The SMILES string of the molecule is CCCCNC(=O)c1cc(OC)c(OC)cc1N(C)S(=O)(=O)c1ccc(C)cc1. The van der Waals surface area contributed by atoms with Crippen LogP contribution in [-0.4, -0.2) is 42.1 Å². The molecule has 7 nitrogen and oxygen atoms in total. The van der Waals surface area contributed by atoms with Gasteiger partial charge in [-0.2, -0.15) is 0 Å². The first-order chi connectivity index (χ1) is 13.8. The van der Waals surface area contributed by atoms with Gasteiger partial charge in [0.1, 0.15) is 0 Å². The van der Waals surface area contributed by atoms with Gasteiger partial charge >= 0.3 is 0 Å². The number of ether oxygens (including phenoxy) is 2. The molecular formula is C21H28N2O5S. The predicted octanol–water partition coefficient (Wildman–Crippen LogP) is 3.37. The van der Waals surface area contributed by atoms with Crippen molar-refractivity contribution in [1.82, 2.24) is 5.32 Å². The summed E-state index contributed by atoms with van der Waals surface area (Å²) < 4.78 is 38.0. The van der Waals surface area contributed by atoms with Crippen molar-refractivity contribution in [3.8, 4) is 11.5 Å². The van der Waals surface area contributed by atoms with Crippen molar-refractivity contribution in [3.63, 3.8) is 0 Å². The smallest absolute Gasteiger partial charge is 0.264 e. The molecule has 29 heavy (non-hydrogen) atoms. The molecule has 0 fully saturated rings. The molecule has 0 aliphatic carbocycles. The summed E-state index contributed by atoms with van der Waals surface area (Å²) in [6.07, 6.45) is 1.76. The number of methoxy groups -OCH3 is 2. The van der Waals surface area contributed by atoms with E-state index in [-0.39, 0.29) is 22.1 Å². The van der Waals surface area contributed by atoms with Gasteiger partial charge in [0, 0.05) is 19.7 Å². The minimum atomic E-state index is -3.88. The Morgan fingerprint density at radius 3 is 2.21 bits per heavy atom. The van der Waals surface area contributed by atoms with Crippen LogP contribution in [0.2, 0.25) is 0 Å². The maximum Gasteiger partial charge on any atom is 0.264 e. The third kappa shape index (κ3) is 5.00. The van der Waals surface area contributed by atoms with Crippen LogP contribution in [0, 0.1) is 6.92 Å². The lowest BCUT2D eigenvalue weighted by atomic mass is 10.1. The zero-order valence-electron chi connectivity index (χ0n) is 17.5. The summed E-state index contributed by atoms with van der Waals surface area (Å²) in [7, 11) is 0.455. The lowest BCUT2D eigenvalue weighted by molar-refractivity contribution is 0.0953. The van der Waals surface area contributed by atoms with Crippen LogP contribution in [0.5, 0.6) is 11.5 Å². The lowest BCUT2D eigenvalue weighted by Crippen LogP contribution is -2.31. The molecular weight excluding hydrogens is 392 g/mol. The normalized spacial score (nSPS) is 11.1.